The average molecular weight is 359 g/mol. The normalized spacial score (nSPS) is 15.1. The molecule has 0 saturated carbocycles. The zero-order valence-corrected chi connectivity index (χ0v) is 14.5. The number of rotatable bonds is 3. The number of piperazine rings is 1. The van der Waals surface area contributed by atoms with E-state index in [0.29, 0.717) is 10.6 Å². The molecule has 0 spiro atoms. The van der Waals surface area contributed by atoms with Gasteiger partial charge in [0.2, 0.25) is 0 Å². The van der Waals surface area contributed by atoms with Crippen molar-refractivity contribution in [1.82, 2.24) is 10.3 Å². The number of carbonyl (C=O) groups is 1. The number of thiophene rings is 2. The van der Waals surface area contributed by atoms with Crippen LogP contribution in [0.2, 0.25) is 0 Å². The molecule has 24 heavy (non-hydrogen) atoms. The summed E-state index contributed by atoms with van der Waals surface area (Å²) in [5, 5.41) is 8.28. The Hall–Kier alpha value is -2.16. The van der Waals surface area contributed by atoms with Crippen molar-refractivity contribution in [3.05, 3.63) is 27.8 Å². The van der Waals surface area contributed by atoms with Gasteiger partial charge in [0.15, 0.2) is 0 Å². The Labute approximate surface area is 147 Å². The Morgan fingerprint density at radius 3 is 2.79 bits per heavy atom. The number of primary amides is 1. The molecule has 6 nitrogen and oxygen atoms in total. The zero-order valence-electron chi connectivity index (χ0n) is 12.9. The number of fused-ring (bicyclic) bond motifs is 1. The van der Waals surface area contributed by atoms with Crippen LogP contribution in [0.3, 0.4) is 0 Å². The van der Waals surface area contributed by atoms with Crippen LogP contribution in [-0.2, 0) is 0 Å². The van der Waals surface area contributed by atoms with Gasteiger partial charge in [-0.3, -0.25) is 4.79 Å². The third-order valence-corrected chi connectivity index (χ3v) is 5.98. The summed E-state index contributed by atoms with van der Waals surface area (Å²) in [5.74, 6) is 0.415. The van der Waals surface area contributed by atoms with Gasteiger partial charge in [-0.1, -0.05) is 0 Å². The van der Waals surface area contributed by atoms with Crippen molar-refractivity contribution < 1.29 is 4.79 Å². The molecule has 0 atom stereocenters. The Bertz CT molecular complexity index is 897. The first-order valence-corrected chi connectivity index (χ1v) is 9.42. The van der Waals surface area contributed by atoms with Crippen molar-refractivity contribution in [1.29, 1.82) is 0 Å². The van der Waals surface area contributed by atoms with E-state index < -0.39 is 5.91 Å². The van der Waals surface area contributed by atoms with Gasteiger partial charge in [0.05, 0.1) is 5.69 Å². The molecule has 0 aromatic carbocycles. The van der Waals surface area contributed by atoms with Gasteiger partial charge in [-0.2, -0.15) is 11.3 Å². The first-order chi connectivity index (χ1) is 11.6. The van der Waals surface area contributed by atoms with Crippen LogP contribution in [0.25, 0.3) is 21.3 Å². The number of nitrogens with two attached hydrogens (primary N) is 2. The molecule has 4 heterocycles. The van der Waals surface area contributed by atoms with E-state index in [1.807, 2.05) is 5.38 Å². The second kappa shape index (κ2) is 6.04. The number of nitrogen functional groups attached to an aromatic ring is 1. The minimum Gasteiger partial charge on any atom is -0.397 e. The zero-order chi connectivity index (χ0) is 16.7. The van der Waals surface area contributed by atoms with Crippen LogP contribution in [0.15, 0.2) is 22.9 Å². The molecule has 4 rings (SSSR count). The van der Waals surface area contributed by atoms with Crippen LogP contribution in [0.5, 0.6) is 0 Å². The lowest BCUT2D eigenvalue weighted by Crippen LogP contribution is -2.43. The maximum atomic E-state index is 11.7. The lowest BCUT2D eigenvalue weighted by Gasteiger charge is -2.28. The van der Waals surface area contributed by atoms with E-state index in [1.54, 1.807) is 11.3 Å². The van der Waals surface area contributed by atoms with Crippen LogP contribution >= 0.6 is 22.7 Å². The van der Waals surface area contributed by atoms with Crippen molar-refractivity contribution >= 4 is 50.3 Å². The number of pyridine rings is 1. The maximum absolute atomic E-state index is 11.7. The molecule has 8 heteroatoms. The van der Waals surface area contributed by atoms with E-state index in [2.05, 4.69) is 27.7 Å². The molecule has 5 N–H and O–H groups in total. The topological polar surface area (TPSA) is 97.3 Å². The molecule has 3 aromatic heterocycles. The minimum atomic E-state index is -0.504. The SMILES string of the molecule is NC(=O)c1sc2nc(N3CCNCC3)cc(-c3ccsc3)c2c1N. The highest BCUT2D eigenvalue weighted by Crippen LogP contribution is 2.41. The van der Waals surface area contributed by atoms with Gasteiger partial charge in [0, 0.05) is 31.6 Å². The molecule has 1 aliphatic heterocycles. The van der Waals surface area contributed by atoms with Crippen LogP contribution in [0, 0.1) is 0 Å². The number of amides is 1. The van der Waals surface area contributed by atoms with Gasteiger partial charge < -0.3 is 21.7 Å². The molecule has 1 fully saturated rings. The smallest absolute Gasteiger partial charge is 0.260 e. The fourth-order valence-corrected chi connectivity index (χ4v) is 4.62. The summed E-state index contributed by atoms with van der Waals surface area (Å²) in [4.78, 5) is 19.8. The van der Waals surface area contributed by atoms with Crippen LogP contribution in [-0.4, -0.2) is 37.1 Å². The fourth-order valence-electron chi connectivity index (χ4n) is 2.99. The summed E-state index contributed by atoms with van der Waals surface area (Å²) in [6.07, 6.45) is 0. The minimum absolute atomic E-state index is 0.381. The van der Waals surface area contributed by atoms with Crippen LogP contribution < -0.4 is 21.7 Å². The predicted molar refractivity (Wildman–Crippen MR) is 101 cm³/mol. The molecule has 0 unspecified atom stereocenters. The summed E-state index contributed by atoms with van der Waals surface area (Å²) < 4.78 is 0. The van der Waals surface area contributed by atoms with Gasteiger partial charge >= 0.3 is 0 Å². The van der Waals surface area contributed by atoms with Gasteiger partial charge in [-0.25, -0.2) is 4.98 Å². The van der Waals surface area contributed by atoms with Gasteiger partial charge in [-0.15, -0.1) is 11.3 Å². The highest BCUT2D eigenvalue weighted by molar-refractivity contribution is 7.21. The number of hydrogen-bond acceptors (Lipinski definition) is 7. The number of hydrogen-bond donors (Lipinski definition) is 3. The van der Waals surface area contributed by atoms with E-state index in [0.717, 1.165) is 53.3 Å². The van der Waals surface area contributed by atoms with Crippen molar-refractivity contribution in [3.8, 4) is 11.1 Å². The molecule has 124 valence electrons. The Morgan fingerprint density at radius 1 is 1.33 bits per heavy atom. The largest absolute Gasteiger partial charge is 0.397 e. The molecule has 1 saturated heterocycles. The summed E-state index contributed by atoms with van der Waals surface area (Å²) in [5.41, 5.74) is 14.2. The van der Waals surface area contributed by atoms with Crippen molar-refractivity contribution in [2.24, 2.45) is 5.73 Å². The number of aromatic nitrogens is 1. The highest BCUT2D eigenvalue weighted by Gasteiger charge is 2.22. The van der Waals surface area contributed by atoms with E-state index in [9.17, 15) is 4.79 Å². The number of carbonyl (C=O) groups excluding carboxylic acids is 1. The number of anilines is 2. The average Bonchev–Trinajstić information content (AvgIpc) is 3.23. The Kier molecular flexibility index (Phi) is 3.87. The number of nitrogens with one attached hydrogen (secondary N) is 1. The lowest BCUT2D eigenvalue weighted by molar-refractivity contribution is 0.100. The Morgan fingerprint density at radius 2 is 2.12 bits per heavy atom. The Balaban J connectivity index is 1.95. The quantitative estimate of drug-likeness (QED) is 0.665. The standard InChI is InChI=1S/C16H17N5OS2/c17-13-12-10(9-1-6-23-8-9)7-11(21-4-2-19-3-5-21)20-16(12)24-14(13)15(18)22/h1,6-8,19H,2-5,17H2,(H2,18,22). The fraction of sp³-hybridized carbons (Fsp3) is 0.250. The maximum Gasteiger partial charge on any atom is 0.260 e. The third kappa shape index (κ3) is 2.52. The van der Waals surface area contributed by atoms with Crippen molar-refractivity contribution in [3.63, 3.8) is 0 Å². The second-order valence-electron chi connectivity index (χ2n) is 5.67. The molecular formula is C16H17N5OS2. The predicted octanol–water partition coefficient (Wildman–Crippen LogP) is 2.12. The van der Waals surface area contributed by atoms with E-state index >= 15 is 0 Å². The third-order valence-electron chi connectivity index (χ3n) is 4.18. The second-order valence-corrected chi connectivity index (χ2v) is 7.45. The van der Waals surface area contributed by atoms with Gasteiger partial charge in [0.1, 0.15) is 15.5 Å². The molecule has 3 aromatic rings. The summed E-state index contributed by atoms with van der Waals surface area (Å²) in [6, 6.07) is 4.13. The lowest BCUT2D eigenvalue weighted by atomic mass is 10.0. The summed E-state index contributed by atoms with van der Waals surface area (Å²) >= 11 is 2.90. The summed E-state index contributed by atoms with van der Waals surface area (Å²) in [6.45, 7) is 3.69. The monoisotopic (exact) mass is 359 g/mol. The van der Waals surface area contributed by atoms with Gasteiger partial charge in [-0.05, 0) is 34.0 Å². The molecule has 0 bridgehead atoms. The summed E-state index contributed by atoms with van der Waals surface area (Å²) in [7, 11) is 0. The molecule has 1 aliphatic rings. The molecule has 1 amide bonds. The first-order valence-electron chi connectivity index (χ1n) is 7.66. The first kappa shape index (κ1) is 15.4. The van der Waals surface area contributed by atoms with E-state index in [-0.39, 0.29) is 0 Å². The van der Waals surface area contributed by atoms with Gasteiger partial charge in [0.25, 0.3) is 5.91 Å². The van der Waals surface area contributed by atoms with E-state index in [4.69, 9.17) is 16.5 Å². The molecular weight excluding hydrogens is 342 g/mol. The van der Waals surface area contributed by atoms with Crippen LogP contribution in [0.4, 0.5) is 11.5 Å². The number of nitrogens with zero attached hydrogens (tertiary/aromatic N) is 2. The highest BCUT2D eigenvalue weighted by atomic mass is 32.1. The van der Waals surface area contributed by atoms with E-state index in [1.165, 1.54) is 11.3 Å². The van der Waals surface area contributed by atoms with Crippen LogP contribution in [0.1, 0.15) is 9.67 Å². The van der Waals surface area contributed by atoms with Crippen molar-refractivity contribution in [2.45, 2.75) is 0 Å². The van der Waals surface area contributed by atoms with Crippen molar-refractivity contribution in [2.75, 3.05) is 36.8 Å². The molecule has 0 aliphatic carbocycles. The molecule has 0 radical (unpaired) electrons.